The van der Waals surface area contributed by atoms with Crippen molar-refractivity contribution in [3.05, 3.63) is 24.3 Å². The molecule has 0 spiro atoms. The summed E-state index contributed by atoms with van der Waals surface area (Å²) < 4.78 is 5.15. The number of hydrogen-bond donors (Lipinski definition) is 2. The number of piperidine rings is 1. The van der Waals surface area contributed by atoms with Gasteiger partial charge in [0.25, 0.3) is 0 Å². The standard InChI is InChI=1S/C19H25N3O3/c1-25-17-6-4-16(5-7-17)22-11-12(8-18(22)23)19(24)21-15-9-13-2-3-14(10-15)20-13/h4-7,12-15,20H,2-3,8-11H2,1H3,(H,21,24). The van der Waals surface area contributed by atoms with Crippen molar-refractivity contribution in [1.82, 2.24) is 10.6 Å². The monoisotopic (exact) mass is 343 g/mol. The fraction of sp³-hybridized carbons (Fsp3) is 0.579. The molecule has 3 aliphatic heterocycles. The van der Waals surface area contributed by atoms with Gasteiger partial charge in [0.2, 0.25) is 11.8 Å². The highest BCUT2D eigenvalue weighted by Gasteiger charge is 2.38. The first-order chi connectivity index (χ1) is 12.1. The quantitative estimate of drug-likeness (QED) is 0.868. The summed E-state index contributed by atoms with van der Waals surface area (Å²) in [6.07, 6.45) is 4.72. The molecule has 0 radical (unpaired) electrons. The summed E-state index contributed by atoms with van der Waals surface area (Å²) in [5.74, 6) is 0.527. The molecule has 0 aromatic heterocycles. The summed E-state index contributed by atoms with van der Waals surface area (Å²) in [4.78, 5) is 26.7. The molecule has 3 heterocycles. The van der Waals surface area contributed by atoms with Crippen molar-refractivity contribution in [3.63, 3.8) is 0 Å². The van der Waals surface area contributed by atoms with Crippen molar-refractivity contribution >= 4 is 17.5 Å². The van der Waals surface area contributed by atoms with Crippen LogP contribution in [0.3, 0.4) is 0 Å². The number of carbonyl (C=O) groups excluding carboxylic acids is 2. The van der Waals surface area contributed by atoms with Crippen molar-refractivity contribution in [3.8, 4) is 5.75 Å². The molecule has 3 aliphatic rings. The van der Waals surface area contributed by atoms with Gasteiger partial charge in [-0.1, -0.05) is 0 Å². The molecule has 2 bridgehead atoms. The number of fused-ring (bicyclic) bond motifs is 2. The van der Waals surface area contributed by atoms with E-state index in [1.165, 1.54) is 12.8 Å². The van der Waals surface area contributed by atoms with Gasteiger partial charge >= 0.3 is 0 Å². The van der Waals surface area contributed by atoms with E-state index in [1.54, 1.807) is 12.0 Å². The number of amides is 2. The maximum atomic E-state index is 12.6. The second-order valence-corrected chi connectivity index (χ2v) is 7.42. The van der Waals surface area contributed by atoms with Crippen LogP contribution in [-0.4, -0.2) is 43.6 Å². The summed E-state index contributed by atoms with van der Waals surface area (Å²) in [6.45, 7) is 0.453. The van der Waals surface area contributed by atoms with E-state index >= 15 is 0 Å². The van der Waals surface area contributed by atoms with E-state index in [1.807, 2.05) is 24.3 Å². The summed E-state index contributed by atoms with van der Waals surface area (Å²) in [7, 11) is 1.61. The average Bonchev–Trinajstić information content (AvgIpc) is 3.17. The normalized spacial score (nSPS) is 31.2. The molecular formula is C19H25N3O3. The Labute approximate surface area is 147 Å². The molecule has 3 unspecified atom stereocenters. The van der Waals surface area contributed by atoms with Gasteiger partial charge in [-0.15, -0.1) is 0 Å². The van der Waals surface area contributed by atoms with E-state index in [-0.39, 0.29) is 30.2 Å². The van der Waals surface area contributed by atoms with Gasteiger partial charge in [-0.05, 0) is 49.9 Å². The van der Waals surface area contributed by atoms with Gasteiger partial charge < -0.3 is 20.3 Å². The van der Waals surface area contributed by atoms with Crippen LogP contribution in [0.15, 0.2) is 24.3 Å². The molecule has 2 amide bonds. The molecule has 6 nitrogen and oxygen atoms in total. The minimum absolute atomic E-state index is 0.00990. The Hall–Kier alpha value is -2.08. The lowest BCUT2D eigenvalue weighted by atomic mass is 9.98. The van der Waals surface area contributed by atoms with Crippen molar-refractivity contribution in [2.45, 2.75) is 50.2 Å². The van der Waals surface area contributed by atoms with E-state index in [0.29, 0.717) is 18.6 Å². The molecule has 0 aliphatic carbocycles. The van der Waals surface area contributed by atoms with Gasteiger partial charge in [0.05, 0.1) is 13.0 Å². The fourth-order valence-corrected chi connectivity index (χ4v) is 4.39. The lowest BCUT2D eigenvalue weighted by Crippen LogP contribution is -2.49. The van der Waals surface area contributed by atoms with Crippen LogP contribution >= 0.6 is 0 Å². The molecule has 2 N–H and O–H groups in total. The minimum Gasteiger partial charge on any atom is -0.497 e. The van der Waals surface area contributed by atoms with Gasteiger partial charge in [0.15, 0.2) is 0 Å². The Morgan fingerprint density at radius 3 is 2.52 bits per heavy atom. The smallest absolute Gasteiger partial charge is 0.227 e. The van der Waals surface area contributed by atoms with E-state index in [0.717, 1.165) is 24.3 Å². The lowest BCUT2D eigenvalue weighted by Gasteiger charge is -2.30. The molecule has 1 aromatic rings. The molecule has 6 heteroatoms. The summed E-state index contributed by atoms with van der Waals surface area (Å²) >= 11 is 0. The highest BCUT2D eigenvalue weighted by atomic mass is 16.5. The highest BCUT2D eigenvalue weighted by Crippen LogP contribution is 2.29. The van der Waals surface area contributed by atoms with Gasteiger partial charge in [-0.2, -0.15) is 0 Å². The zero-order valence-electron chi connectivity index (χ0n) is 14.5. The van der Waals surface area contributed by atoms with Crippen LogP contribution in [0.1, 0.15) is 32.1 Å². The van der Waals surface area contributed by atoms with E-state index in [9.17, 15) is 9.59 Å². The minimum atomic E-state index is -0.262. The van der Waals surface area contributed by atoms with Crippen LogP contribution < -0.4 is 20.3 Å². The Balaban J connectivity index is 1.37. The van der Waals surface area contributed by atoms with Gasteiger partial charge in [-0.3, -0.25) is 9.59 Å². The van der Waals surface area contributed by atoms with E-state index in [4.69, 9.17) is 4.74 Å². The van der Waals surface area contributed by atoms with Crippen LogP contribution in [0.4, 0.5) is 5.69 Å². The number of nitrogens with zero attached hydrogens (tertiary/aromatic N) is 1. The maximum absolute atomic E-state index is 12.6. The molecule has 3 fully saturated rings. The number of anilines is 1. The first-order valence-corrected chi connectivity index (χ1v) is 9.13. The van der Waals surface area contributed by atoms with Crippen LogP contribution in [0.5, 0.6) is 5.75 Å². The molecular weight excluding hydrogens is 318 g/mol. The molecule has 1 aromatic carbocycles. The first kappa shape index (κ1) is 16.4. The number of nitrogens with one attached hydrogen (secondary N) is 2. The largest absolute Gasteiger partial charge is 0.497 e. The summed E-state index contributed by atoms with van der Waals surface area (Å²) in [5.41, 5.74) is 0.820. The Morgan fingerprint density at radius 1 is 1.20 bits per heavy atom. The molecule has 0 saturated carbocycles. The van der Waals surface area contributed by atoms with Gasteiger partial charge in [0.1, 0.15) is 5.75 Å². The predicted molar refractivity (Wildman–Crippen MR) is 94.6 cm³/mol. The Kier molecular flexibility index (Phi) is 4.37. The summed E-state index contributed by atoms with van der Waals surface area (Å²) in [6, 6.07) is 8.73. The topological polar surface area (TPSA) is 70.7 Å². The number of benzene rings is 1. The SMILES string of the molecule is COc1ccc(N2CC(C(=O)NC3CC4CCC(C3)N4)CC2=O)cc1. The van der Waals surface area contributed by atoms with Crippen LogP contribution in [0.25, 0.3) is 0 Å². The van der Waals surface area contributed by atoms with Crippen molar-refractivity contribution in [1.29, 1.82) is 0 Å². The fourth-order valence-electron chi connectivity index (χ4n) is 4.39. The molecule has 3 atom stereocenters. The second-order valence-electron chi connectivity index (χ2n) is 7.42. The molecule has 4 rings (SSSR count). The maximum Gasteiger partial charge on any atom is 0.227 e. The van der Waals surface area contributed by atoms with Gasteiger partial charge in [-0.25, -0.2) is 0 Å². The molecule has 3 saturated heterocycles. The average molecular weight is 343 g/mol. The lowest BCUT2D eigenvalue weighted by molar-refractivity contribution is -0.127. The number of methoxy groups -OCH3 is 1. The van der Waals surface area contributed by atoms with Crippen LogP contribution in [-0.2, 0) is 9.59 Å². The number of carbonyl (C=O) groups is 2. The van der Waals surface area contributed by atoms with Crippen molar-refractivity contribution in [2.75, 3.05) is 18.6 Å². The molecule has 25 heavy (non-hydrogen) atoms. The number of rotatable bonds is 4. The first-order valence-electron chi connectivity index (χ1n) is 9.13. The third-order valence-electron chi connectivity index (χ3n) is 5.70. The van der Waals surface area contributed by atoms with E-state index in [2.05, 4.69) is 10.6 Å². The highest BCUT2D eigenvalue weighted by molar-refractivity contribution is 6.00. The number of hydrogen-bond acceptors (Lipinski definition) is 4. The summed E-state index contributed by atoms with van der Waals surface area (Å²) in [5, 5.41) is 6.78. The van der Waals surface area contributed by atoms with Gasteiger partial charge in [0, 0.05) is 36.8 Å². The van der Waals surface area contributed by atoms with Crippen molar-refractivity contribution < 1.29 is 14.3 Å². The molecule has 134 valence electrons. The third kappa shape index (κ3) is 3.35. The Morgan fingerprint density at radius 2 is 1.88 bits per heavy atom. The zero-order chi connectivity index (χ0) is 17.4. The second kappa shape index (κ2) is 6.67. The third-order valence-corrected chi connectivity index (χ3v) is 5.70. The van der Waals surface area contributed by atoms with E-state index < -0.39 is 0 Å². The zero-order valence-corrected chi connectivity index (χ0v) is 14.5. The van der Waals surface area contributed by atoms with Crippen LogP contribution in [0, 0.1) is 5.92 Å². The Bertz CT molecular complexity index is 648. The number of ether oxygens (including phenoxy) is 1. The van der Waals surface area contributed by atoms with Crippen molar-refractivity contribution in [2.24, 2.45) is 5.92 Å². The predicted octanol–water partition coefficient (Wildman–Crippen LogP) is 1.45. The van der Waals surface area contributed by atoms with Crippen LogP contribution in [0.2, 0.25) is 0 Å².